The predicted octanol–water partition coefficient (Wildman–Crippen LogP) is 0.859. The van der Waals surface area contributed by atoms with Crippen LogP contribution in [-0.2, 0) is 4.79 Å². The molecule has 1 aliphatic heterocycles. The van der Waals surface area contributed by atoms with E-state index in [2.05, 4.69) is 5.32 Å². The Kier molecular flexibility index (Phi) is 1.83. The van der Waals surface area contributed by atoms with E-state index in [4.69, 9.17) is 0 Å². The molecule has 1 N–H and O–H groups in total. The van der Waals surface area contributed by atoms with Gasteiger partial charge in [0.25, 0.3) is 0 Å². The maximum atomic E-state index is 12.1. The number of halogens is 3. The molecule has 2 fully saturated rings. The Bertz CT molecular complexity index is 272. The van der Waals surface area contributed by atoms with E-state index in [1.54, 1.807) is 6.92 Å². The van der Waals surface area contributed by atoms with Crippen LogP contribution in [0.5, 0.6) is 0 Å². The van der Waals surface area contributed by atoms with Crippen LogP contribution in [-0.4, -0.2) is 35.2 Å². The van der Waals surface area contributed by atoms with Gasteiger partial charge in [0.15, 0.2) is 0 Å². The van der Waals surface area contributed by atoms with Crippen molar-refractivity contribution >= 4 is 5.91 Å². The highest BCUT2D eigenvalue weighted by atomic mass is 19.4. The van der Waals surface area contributed by atoms with Crippen LogP contribution in [0.2, 0.25) is 0 Å². The summed E-state index contributed by atoms with van der Waals surface area (Å²) in [6.07, 6.45) is -3.51. The van der Waals surface area contributed by atoms with Crippen molar-refractivity contribution in [2.24, 2.45) is 0 Å². The highest BCUT2D eigenvalue weighted by Gasteiger charge is 2.59. The average molecular weight is 208 g/mol. The number of carbonyl (C=O) groups excluding carboxylic acids is 1. The summed E-state index contributed by atoms with van der Waals surface area (Å²) in [6, 6.07) is 0. The van der Waals surface area contributed by atoms with E-state index >= 15 is 0 Å². The summed E-state index contributed by atoms with van der Waals surface area (Å²) in [5.41, 5.74) is -0.648. The van der Waals surface area contributed by atoms with Crippen LogP contribution in [0.25, 0.3) is 0 Å². The minimum absolute atomic E-state index is 0.401. The SMILES string of the molecule is CC1NC2(CC2)C(=O)N1CC(F)(F)F. The lowest BCUT2D eigenvalue weighted by Gasteiger charge is -2.21. The van der Waals surface area contributed by atoms with Crippen LogP contribution in [0.1, 0.15) is 19.8 Å². The average Bonchev–Trinajstić information content (AvgIpc) is 2.74. The van der Waals surface area contributed by atoms with E-state index in [1.165, 1.54) is 0 Å². The van der Waals surface area contributed by atoms with Gasteiger partial charge in [0.05, 0.1) is 11.7 Å². The molecule has 6 heteroatoms. The minimum Gasteiger partial charge on any atom is -0.317 e. The van der Waals surface area contributed by atoms with Crippen molar-refractivity contribution in [3.63, 3.8) is 0 Å². The lowest BCUT2D eigenvalue weighted by molar-refractivity contribution is -0.161. The molecule has 1 heterocycles. The van der Waals surface area contributed by atoms with Gasteiger partial charge in [0.2, 0.25) is 5.91 Å². The van der Waals surface area contributed by atoms with Crippen molar-refractivity contribution in [1.29, 1.82) is 0 Å². The van der Waals surface area contributed by atoms with Gasteiger partial charge in [-0.1, -0.05) is 0 Å². The van der Waals surface area contributed by atoms with Crippen LogP contribution in [0.3, 0.4) is 0 Å². The third kappa shape index (κ3) is 1.47. The van der Waals surface area contributed by atoms with Crippen LogP contribution >= 0.6 is 0 Å². The first-order valence-electron chi connectivity index (χ1n) is 4.50. The summed E-state index contributed by atoms with van der Waals surface area (Å²) in [7, 11) is 0. The number of hydrogen-bond donors (Lipinski definition) is 1. The molecule has 1 atom stereocenters. The number of alkyl halides is 3. The molecule has 3 nitrogen and oxygen atoms in total. The number of nitrogens with zero attached hydrogens (tertiary/aromatic N) is 1. The Morgan fingerprint density at radius 2 is 2.14 bits per heavy atom. The lowest BCUT2D eigenvalue weighted by atomic mass is 10.3. The zero-order valence-electron chi connectivity index (χ0n) is 7.69. The van der Waals surface area contributed by atoms with Gasteiger partial charge in [-0.3, -0.25) is 10.1 Å². The molecule has 0 bridgehead atoms. The zero-order chi connectivity index (χ0) is 10.6. The van der Waals surface area contributed by atoms with Crippen LogP contribution < -0.4 is 5.32 Å². The highest BCUT2D eigenvalue weighted by molar-refractivity contribution is 5.91. The summed E-state index contributed by atoms with van der Waals surface area (Å²) in [5.74, 6) is -0.401. The smallest absolute Gasteiger partial charge is 0.317 e. The zero-order valence-corrected chi connectivity index (χ0v) is 7.69. The van der Waals surface area contributed by atoms with E-state index in [9.17, 15) is 18.0 Å². The lowest BCUT2D eigenvalue weighted by Crippen LogP contribution is -2.41. The molecule has 1 unspecified atom stereocenters. The van der Waals surface area contributed by atoms with E-state index in [-0.39, 0.29) is 0 Å². The van der Waals surface area contributed by atoms with Crippen molar-refractivity contribution in [3.8, 4) is 0 Å². The summed E-state index contributed by atoms with van der Waals surface area (Å²) in [4.78, 5) is 12.4. The monoisotopic (exact) mass is 208 g/mol. The molecule has 0 aromatic rings. The van der Waals surface area contributed by atoms with Crippen LogP contribution in [0, 0.1) is 0 Å². The Labute approximate surface area is 79.3 Å². The Morgan fingerprint density at radius 3 is 2.50 bits per heavy atom. The summed E-state index contributed by atoms with van der Waals surface area (Å²) < 4.78 is 36.3. The summed E-state index contributed by atoms with van der Waals surface area (Å²) in [5, 5.41) is 2.90. The second-order valence-corrected chi connectivity index (χ2v) is 3.95. The molecule has 0 aromatic carbocycles. The highest BCUT2D eigenvalue weighted by Crippen LogP contribution is 2.42. The third-order valence-electron chi connectivity index (χ3n) is 2.72. The first-order chi connectivity index (χ1) is 6.34. The normalized spacial score (nSPS) is 30.1. The minimum atomic E-state index is -4.31. The largest absolute Gasteiger partial charge is 0.406 e. The topological polar surface area (TPSA) is 32.3 Å². The molecule has 1 saturated carbocycles. The van der Waals surface area contributed by atoms with Crippen molar-refractivity contribution in [1.82, 2.24) is 10.2 Å². The fourth-order valence-electron chi connectivity index (χ4n) is 1.88. The molecular weight excluding hydrogens is 197 g/mol. The van der Waals surface area contributed by atoms with Gasteiger partial charge in [-0.25, -0.2) is 0 Å². The second kappa shape index (κ2) is 2.62. The molecule has 1 saturated heterocycles. The molecule has 0 radical (unpaired) electrons. The maximum Gasteiger partial charge on any atom is 0.406 e. The van der Waals surface area contributed by atoms with Crippen molar-refractivity contribution in [2.45, 2.75) is 37.6 Å². The molecule has 1 aliphatic carbocycles. The first-order valence-corrected chi connectivity index (χ1v) is 4.50. The Hall–Kier alpha value is -0.780. The molecule has 14 heavy (non-hydrogen) atoms. The van der Waals surface area contributed by atoms with E-state index in [0.717, 1.165) is 4.90 Å². The van der Waals surface area contributed by atoms with Gasteiger partial charge in [-0.15, -0.1) is 0 Å². The molecule has 2 aliphatic rings. The van der Waals surface area contributed by atoms with E-state index in [0.29, 0.717) is 12.8 Å². The fraction of sp³-hybridized carbons (Fsp3) is 0.875. The number of nitrogens with one attached hydrogen (secondary N) is 1. The summed E-state index contributed by atoms with van der Waals surface area (Å²) >= 11 is 0. The predicted molar refractivity (Wildman–Crippen MR) is 42.3 cm³/mol. The molecule has 1 amide bonds. The van der Waals surface area contributed by atoms with Gasteiger partial charge < -0.3 is 4.90 Å². The first kappa shape index (κ1) is 9.76. The van der Waals surface area contributed by atoms with Crippen molar-refractivity contribution in [2.75, 3.05) is 6.54 Å². The van der Waals surface area contributed by atoms with Crippen LogP contribution in [0.15, 0.2) is 0 Å². The molecule has 1 spiro atoms. The van der Waals surface area contributed by atoms with Gasteiger partial charge >= 0.3 is 6.18 Å². The Morgan fingerprint density at radius 1 is 1.57 bits per heavy atom. The van der Waals surface area contributed by atoms with Gasteiger partial charge in [0, 0.05) is 0 Å². The van der Waals surface area contributed by atoms with Gasteiger partial charge in [-0.2, -0.15) is 13.2 Å². The van der Waals surface area contributed by atoms with Gasteiger partial charge in [-0.05, 0) is 19.8 Å². The standard InChI is InChI=1S/C8H11F3N2O/c1-5-12-7(2-3-7)6(14)13(5)4-8(9,10)11/h5,12H,2-4H2,1H3. The van der Waals surface area contributed by atoms with Crippen molar-refractivity contribution < 1.29 is 18.0 Å². The van der Waals surface area contributed by atoms with Gasteiger partial charge in [0.1, 0.15) is 6.54 Å². The molecule has 0 aromatic heterocycles. The van der Waals surface area contributed by atoms with Crippen LogP contribution in [0.4, 0.5) is 13.2 Å². The number of amides is 1. The number of carbonyl (C=O) groups is 1. The second-order valence-electron chi connectivity index (χ2n) is 3.95. The maximum absolute atomic E-state index is 12.1. The quantitative estimate of drug-likeness (QED) is 0.693. The molecule has 2 rings (SSSR count). The van der Waals surface area contributed by atoms with Crippen molar-refractivity contribution in [3.05, 3.63) is 0 Å². The fourth-order valence-corrected chi connectivity index (χ4v) is 1.88. The third-order valence-corrected chi connectivity index (χ3v) is 2.72. The number of rotatable bonds is 1. The Balaban J connectivity index is 2.09. The number of hydrogen-bond acceptors (Lipinski definition) is 2. The van der Waals surface area contributed by atoms with E-state index < -0.39 is 30.3 Å². The molecular formula is C8H11F3N2O. The molecule has 80 valence electrons. The summed E-state index contributed by atoms with van der Waals surface area (Å²) in [6.45, 7) is 0.429. The van der Waals surface area contributed by atoms with E-state index in [1.807, 2.05) is 0 Å².